The molecule has 1 aromatic heterocycles. The van der Waals surface area contributed by atoms with Crippen LogP contribution < -0.4 is 16.0 Å². The largest absolute Gasteiger partial charge is 0.340 e. The summed E-state index contributed by atoms with van der Waals surface area (Å²) >= 11 is 0. The average molecular weight is 301 g/mol. The summed E-state index contributed by atoms with van der Waals surface area (Å²) in [7, 11) is 0. The fraction of sp³-hybridized carbons (Fsp3) is 0.500. The van der Waals surface area contributed by atoms with E-state index in [0.717, 1.165) is 29.8 Å². The van der Waals surface area contributed by atoms with Crippen molar-refractivity contribution in [3.8, 4) is 0 Å². The van der Waals surface area contributed by atoms with Crippen LogP contribution in [0.1, 0.15) is 29.8 Å². The van der Waals surface area contributed by atoms with E-state index >= 15 is 0 Å². The quantitative estimate of drug-likeness (QED) is 0.694. The van der Waals surface area contributed by atoms with Gasteiger partial charge in [-0.25, -0.2) is 9.78 Å². The van der Waals surface area contributed by atoms with E-state index in [1.165, 1.54) is 17.5 Å². The number of amides is 2. The minimum atomic E-state index is -0.151. The molecular weight excluding hydrogens is 278 g/mol. The molecule has 2 amide bonds. The van der Waals surface area contributed by atoms with Crippen LogP contribution in [0.3, 0.4) is 0 Å². The molecule has 0 aliphatic carbocycles. The molecule has 0 spiro atoms. The van der Waals surface area contributed by atoms with E-state index < -0.39 is 0 Å². The highest BCUT2D eigenvalue weighted by molar-refractivity contribution is 5.77. The van der Waals surface area contributed by atoms with Crippen LogP contribution >= 0.6 is 0 Å². The third-order valence-corrected chi connectivity index (χ3v) is 4.23. The summed E-state index contributed by atoms with van der Waals surface area (Å²) in [6, 6.07) is 4.41. The molecule has 4 N–H and O–H groups in total. The Morgan fingerprint density at radius 1 is 1.32 bits per heavy atom. The Morgan fingerprint density at radius 2 is 2.14 bits per heavy atom. The maximum atomic E-state index is 11.8. The van der Waals surface area contributed by atoms with E-state index in [9.17, 15) is 4.79 Å². The summed E-state index contributed by atoms with van der Waals surface area (Å²) in [6.07, 6.45) is 2.31. The van der Waals surface area contributed by atoms with Gasteiger partial charge < -0.3 is 20.9 Å². The van der Waals surface area contributed by atoms with Crippen LogP contribution in [0.2, 0.25) is 0 Å². The molecule has 1 atom stereocenters. The molecule has 2 aromatic rings. The molecule has 1 aliphatic heterocycles. The number of benzene rings is 1. The number of imidazole rings is 1. The van der Waals surface area contributed by atoms with Crippen LogP contribution in [-0.4, -0.2) is 35.1 Å². The molecule has 0 saturated carbocycles. The van der Waals surface area contributed by atoms with Crippen molar-refractivity contribution in [3.05, 3.63) is 29.1 Å². The van der Waals surface area contributed by atoms with Crippen LogP contribution in [0.25, 0.3) is 11.0 Å². The van der Waals surface area contributed by atoms with Gasteiger partial charge in [-0.1, -0.05) is 0 Å². The van der Waals surface area contributed by atoms with Gasteiger partial charge in [0.25, 0.3) is 0 Å². The minimum absolute atomic E-state index is 0.151. The van der Waals surface area contributed by atoms with Crippen LogP contribution in [0.5, 0.6) is 0 Å². The maximum Gasteiger partial charge on any atom is 0.315 e. The zero-order chi connectivity index (χ0) is 15.5. The third-order valence-electron chi connectivity index (χ3n) is 4.23. The Labute approximate surface area is 130 Å². The van der Waals surface area contributed by atoms with Crippen LogP contribution in [0, 0.1) is 13.8 Å². The van der Waals surface area contributed by atoms with Crippen LogP contribution in [-0.2, 0) is 6.54 Å². The SMILES string of the molecule is Cc1cc2nc(CNC(=O)NC[C@@H]3CCCN3)[nH]c2cc1C. The minimum Gasteiger partial charge on any atom is -0.340 e. The molecule has 118 valence electrons. The molecule has 6 heteroatoms. The van der Waals surface area contributed by atoms with Crippen molar-refractivity contribution in [1.82, 2.24) is 25.9 Å². The average Bonchev–Trinajstić information content (AvgIpc) is 3.13. The highest BCUT2D eigenvalue weighted by Gasteiger charge is 2.14. The number of aromatic amines is 1. The lowest BCUT2D eigenvalue weighted by atomic mass is 10.1. The van der Waals surface area contributed by atoms with Crippen molar-refractivity contribution in [2.24, 2.45) is 0 Å². The van der Waals surface area contributed by atoms with Crippen molar-refractivity contribution in [3.63, 3.8) is 0 Å². The van der Waals surface area contributed by atoms with Crippen molar-refractivity contribution < 1.29 is 4.79 Å². The third kappa shape index (κ3) is 3.39. The van der Waals surface area contributed by atoms with Gasteiger partial charge in [-0.3, -0.25) is 0 Å². The number of carbonyl (C=O) groups excluding carboxylic acids is 1. The fourth-order valence-corrected chi connectivity index (χ4v) is 2.78. The van der Waals surface area contributed by atoms with E-state index in [1.807, 2.05) is 0 Å². The molecule has 1 fully saturated rings. The standard InChI is InChI=1S/C16H23N5O/c1-10-6-13-14(7-11(10)2)21-15(20-13)9-19-16(22)18-8-12-4-3-5-17-12/h6-7,12,17H,3-5,8-9H2,1-2H3,(H,20,21)(H2,18,19,22)/t12-/m0/s1. The Hall–Kier alpha value is -2.08. The van der Waals surface area contributed by atoms with Crippen LogP contribution in [0.15, 0.2) is 12.1 Å². The van der Waals surface area contributed by atoms with Crippen molar-refractivity contribution in [1.29, 1.82) is 0 Å². The molecule has 2 heterocycles. The van der Waals surface area contributed by atoms with E-state index in [4.69, 9.17) is 0 Å². The molecule has 6 nitrogen and oxygen atoms in total. The molecular formula is C16H23N5O. The smallest absolute Gasteiger partial charge is 0.315 e. The van der Waals surface area contributed by atoms with Crippen LogP contribution in [0.4, 0.5) is 4.79 Å². The molecule has 1 aliphatic rings. The number of urea groups is 1. The second kappa shape index (κ2) is 6.36. The second-order valence-corrected chi connectivity index (χ2v) is 5.99. The lowest BCUT2D eigenvalue weighted by Gasteiger charge is -2.11. The Kier molecular flexibility index (Phi) is 4.29. The highest BCUT2D eigenvalue weighted by Crippen LogP contribution is 2.17. The van der Waals surface area contributed by atoms with Gasteiger partial charge in [-0.15, -0.1) is 0 Å². The summed E-state index contributed by atoms with van der Waals surface area (Å²) < 4.78 is 0. The number of nitrogens with one attached hydrogen (secondary N) is 4. The van der Waals surface area contributed by atoms with Crippen molar-refractivity contribution >= 4 is 17.1 Å². The highest BCUT2D eigenvalue weighted by atomic mass is 16.2. The number of carbonyl (C=O) groups is 1. The van der Waals surface area contributed by atoms with Crippen molar-refractivity contribution in [2.75, 3.05) is 13.1 Å². The van der Waals surface area contributed by atoms with Gasteiger partial charge in [0.05, 0.1) is 17.6 Å². The molecule has 1 aromatic carbocycles. The normalized spacial score (nSPS) is 17.8. The Balaban J connectivity index is 1.53. The summed E-state index contributed by atoms with van der Waals surface area (Å²) in [4.78, 5) is 19.6. The van der Waals surface area contributed by atoms with E-state index in [1.54, 1.807) is 0 Å². The molecule has 0 bridgehead atoms. The number of fused-ring (bicyclic) bond motifs is 1. The first-order chi connectivity index (χ1) is 10.6. The fourth-order valence-electron chi connectivity index (χ4n) is 2.78. The van der Waals surface area contributed by atoms with Gasteiger partial charge in [-0.2, -0.15) is 0 Å². The van der Waals surface area contributed by atoms with Gasteiger partial charge in [0.1, 0.15) is 5.82 Å². The number of hydrogen-bond acceptors (Lipinski definition) is 3. The monoisotopic (exact) mass is 301 g/mol. The number of aryl methyl sites for hydroxylation is 2. The molecule has 0 unspecified atom stereocenters. The van der Waals surface area contributed by atoms with E-state index in [2.05, 4.69) is 51.9 Å². The summed E-state index contributed by atoms with van der Waals surface area (Å²) in [5.41, 5.74) is 4.41. The lowest BCUT2D eigenvalue weighted by Crippen LogP contribution is -2.42. The van der Waals surface area contributed by atoms with Crippen molar-refractivity contribution in [2.45, 2.75) is 39.3 Å². The zero-order valence-electron chi connectivity index (χ0n) is 13.1. The predicted octanol–water partition coefficient (Wildman–Crippen LogP) is 1.73. The summed E-state index contributed by atoms with van der Waals surface area (Å²) in [5.74, 6) is 0.772. The number of nitrogens with zero attached hydrogens (tertiary/aromatic N) is 1. The first kappa shape index (κ1) is 14.8. The molecule has 0 radical (unpaired) electrons. The summed E-state index contributed by atoms with van der Waals surface area (Å²) in [5, 5.41) is 9.09. The topological polar surface area (TPSA) is 81.8 Å². The number of hydrogen-bond donors (Lipinski definition) is 4. The van der Waals surface area contributed by atoms with Gasteiger partial charge in [-0.05, 0) is 56.5 Å². The number of aromatic nitrogens is 2. The lowest BCUT2D eigenvalue weighted by molar-refractivity contribution is 0.239. The first-order valence-corrected chi connectivity index (χ1v) is 7.83. The number of H-pyrrole nitrogens is 1. The number of rotatable bonds is 4. The Morgan fingerprint density at radius 3 is 2.91 bits per heavy atom. The van der Waals surface area contributed by atoms with Gasteiger partial charge in [0.15, 0.2) is 0 Å². The van der Waals surface area contributed by atoms with E-state index in [-0.39, 0.29) is 6.03 Å². The van der Waals surface area contributed by atoms with E-state index in [0.29, 0.717) is 19.1 Å². The van der Waals surface area contributed by atoms with Gasteiger partial charge >= 0.3 is 6.03 Å². The zero-order valence-corrected chi connectivity index (χ0v) is 13.1. The summed E-state index contributed by atoms with van der Waals surface area (Å²) in [6.45, 7) is 6.27. The van der Waals surface area contributed by atoms with Gasteiger partial charge in [0, 0.05) is 12.6 Å². The molecule has 3 rings (SSSR count). The first-order valence-electron chi connectivity index (χ1n) is 7.83. The Bertz CT molecular complexity index is 633. The second-order valence-electron chi connectivity index (χ2n) is 5.99. The molecule has 1 saturated heterocycles. The molecule has 22 heavy (non-hydrogen) atoms. The van der Waals surface area contributed by atoms with Gasteiger partial charge in [0.2, 0.25) is 0 Å². The maximum absolute atomic E-state index is 11.8. The predicted molar refractivity (Wildman–Crippen MR) is 86.8 cm³/mol.